The van der Waals surface area contributed by atoms with Gasteiger partial charge in [0, 0.05) is 104 Å². The van der Waals surface area contributed by atoms with Gasteiger partial charge in [0.15, 0.2) is 0 Å². The van der Waals surface area contributed by atoms with Gasteiger partial charge in [-0.25, -0.2) is 9.78 Å². The van der Waals surface area contributed by atoms with E-state index in [-0.39, 0.29) is 11.7 Å². The number of hydrogen-bond donors (Lipinski definition) is 2. The topological polar surface area (TPSA) is 118 Å². The minimum atomic E-state index is -4.79. The van der Waals surface area contributed by atoms with Gasteiger partial charge in [-0.2, -0.15) is 0 Å². The highest BCUT2D eigenvalue weighted by molar-refractivity contribution is 6.36. The van der Waals surface area contributed by atoms with Crippen LogP contribution in [0.5, 0.6) is 5.75 Å². The van der Waals surface area contributed by atoms with Gasteiger partial charge in [0.2, 0.25) is 5.91 Å². The van der Waals surface area contributed by atoms with Gasteiger partial charge in [0.25, 0.3) is 0 Å². The molecule has 2 aromatic heterocycles. The van der Waals surface area contributed by atoms with Crippen LogP contribution in [0.2, 0.25) is 10.0 Å². The second kappa shape index (κ2) is 17.2. The van der Waals surface area contributed by atoms with Gasteiger partial charge in [-0.1, -0.05) is 41.4 Å². The number of amides is 2. The smallest absolute Gasteiger partial charge is 0.444 e. The molecule has 0 unspecified atom stereocenters. The summed E-state index contributed by atoms with van der Waals surface area (Å²) >= 11 is 12.8. The van der Waals surface area contributed by atoms with Gasteiger partial charge in [-0.15, -0.1) is 13.2 Å². The van der Waals surface area contributed by atoms with E-state index in [2.05, 4.69) is 25.9 Å². The molecule has 2 saturated heterocycles. The van der Waals surface area contributed by atoms with Crippen LogP contribution in [-0.2, 0) is 29.2 Å². The molecule has 302 valence electrons. The van der Waals surface area contributed by atoms with E-state index in [1.165, 1.54) is 12.1 Å². The Morgan fingerprint density at radius 3 is 2.16 bits per heavy atom. The van der Waals surface area contributed by atoms with Crippen molar-refractivity contribution in [1.82, 2.24) is 29.6 Å². The number of piperidine rings is 1. The standard InChI is InChI=1S/C40H48Cl2F3N7O4/c1-38(2,3)56-37(54)51-16-12-39(46,13-17-51)36(53)47-14-5-15-52-26-31(28-8-10-29(11-9-28)55-40(43,44)45)30-22-27(23-48-35(30)52)24-49-18-20-50(21-19-49)25-32-33(41)6-4-7-34(32)42/h4,6-11,22-23,26H,5,12-21,24-25,46H2,1-3H3,(H,47,53). The minimum Gasteiger partial charge on any atom is -0.444 e. The molecule has 0 atom stereocenters. The lowest BCUT2D eigenvalue weighted by molar-refractivity contribution is -0.274. The predicted octanol–water partition coefficient (Wildman–Crippen LogP) is 7.46. The molecule has 3 N–H and O–H groups in total. The van der Waals surface area contributed by atoms with E-state index >= 15 is 0 Å². The van der Waals surface area contributed by atoms with E-state index in [9.17, 15) is 22.8 Å². The molecule has 4 aromatic rings. The number of nitrogens with two attached hydrogens (primary N) is 1. The molecule has 56 heavy (non-hydrogen) atoms. The lowest BCUT2D eigenvalue weighted by Gasteiger charge is -2.38. The van der Waals surface area contributed by atoms with E-state index < -0.39 is 23.6 Å². The summed E-state index contributed by atoms with van der Waals surface area (Å²) in [5, 5.41) is 5.15. The number of ether oxygens (including phenoxy) is 2. The Bertz CT molecular complexity index is 1980. The van der Waals surface area contributed by atoms with Crippen LogP contribution in [-0.4, -0.2) is 99.6 Å². The van der Waals surface area contributed by atoms with Crippen LogP contribution in [0.1, 0.15) is 51.2 Å². The highest BCUT2D eigenvalue weighted by Gasteiger charge is 2.39. The van der Waals surface area contributed by atoms with E-state index in [1.54, 1.807) is 37.8 Å². The molecular weight excluding hydrogens is 770 g/mol. The molecule has 2 fully saturated rings. The van der Waals surface area contributed by atoms with Crippen LogP contribution in [0.4, 0.5) is 18.0 Å². The predicted molar refractivity (Wildman–Crippen MR) is 210 cm³/mol. The monoisotopic (exact) mass is 817 g/mol. The van der Waals surface area contributed by atoms with Crippen molar-refractivity contribution in [3.05, 3.63) is 82.1 Å². The lowest BCUT2D eigenvalue weighted by Crippen LogP contribution is -2.60. The Hall–Kier alpha value is -4.08. The number of nitrogens with one attached hydrogen (secondary N) is 1. The minimum absolute atomic E-state index is 0.267. The normalized spacial score (nSPS) is 16.9. The summed E-state index contributed by atoms with van der Waals surface area (Å²) in [7, 11) is 0. The Labute approximate surface area is 334 Å². The summed E-state index contributed by atoms with van der Waals surface area (Å²) < 4.78 is 50.2. The van der Waals surface area contributed by atoms with Crippen molar-refractivity contribution in [1.29, 1.82) is 0 Å². The molecule has 11 nitrogen and oxygen atoms in total. The number of pyridine rings is 1. The number of aromatic nitrogens is 2. The fraction of sp³-hybridized carbons (Fsp3) is 0.475. The summed E-state index contributed by atoms with van der Waals surface area (Å²) in [6.45, 7) is 11.7. The molecule has 16 heteroatoms. The quantitative estimate of drug-likeness (QED) is 0.150. The number of piperazine rings is 1. The number of likely N-dealkylation sites (tertiary alicyclic amines) is 1. The van der Waals surface area contributed by atoms with Gasteiger partial charge in [0.1, 0.15) is 17.0 Å². The first-order valence-electron chi connectivity index (χ1n) is 18.7. The number of hydrogen-bond acceptors (Lipinski definition) is 8. The van der Waals surface area contributed by atoms with Gasteiger partial charge >= 0.3 is 12.5 Å². The van der Waals surface area contributed by atoms with Crippen molar-refractivity contribution in [3.63, 3.8) is 0 Å². The maximum absolute atomic E-state index is 13.2. The number of nitrogens with zero attached hydrogens (tertiary/aromatic N) is 5. The van der Waals surface area contributed by atoms with Crippen LogP contribution >= 0.6 is 23.2 Å². The third-order valence-electron chi connectivity index (χ3n) is 10.1. The molecule has 2 aliphatic rings. The van der Waals surface area contributed by atoms with Crippen molar-refractivity contribution >= 4 is 46.2 Å². The number of rotatable bonds is 11. The van der Waals surface area contributed by atoms with Gasteiger partial charge in [-0.05, 0) is 81.5 Å². The Kier molecular flexibility index (Phi) is 12.8. The summed E-state index contributed by atoms with van der Waals surface area (Å²) in [4.78, 5) is 36.8. The second-order valence-electron chi connectivity index (χ2n) is 15.5. The zero-order valence-electron chi connectivity index (χ0n) is 31.8. The maximum Gasteiger partial charge on any atom is 0.573 e. The van der Waals surface area contributed by atoms with Crippen molar-refractivity contribution < 1.29 is 32.2 Å². The number of carbonyl (C=O) groups excluding carboxylic acids is 2. The highest BCUT2D eigenvalue weighted by atomic mass is 35.5. The zero-order valence-corrected chi connectivity index (χ0v) is 33.3. The van der Waals surface area contributed by atoms with E-state index in [1.807, 2.05) is 35.2 Å². The first kappa shape index (κ1) is 41.6. The Morgan fingerprint density at radius 2 is 1.55 bits per heavy atom. The average Bonchev–Trinajstić information content (AvgIpc) is 3.49. The summed E-state index contributed by atoms with van der Waals surface area (Å²) in [5.74, 6) is -0.569. The van der Waals surface area contributed by atoms with E-state index in [0.717, 1.165) is 53.9 Å². The molecular formula is C40H48Cl2F3N7O4. The van der Waals surface area contributed by atoms with Crippen LogP contribution in [0, 0.1) is 0 Å². The molecule has 6 rings (SSSR count). The van der Waals surface area contributed by atoms with Crippen molar-refractivity contribution in [3.8, 4) is 16.9 Å². The maximum atomic E-state index is 13.2. The van der Waals surface area contributed by atoms with Crippen molar-refractivity contribution in [2.45, 2.75) is 77.2 Å². The van der Waals surface area contributed by atoms with Gasteiger partial charge in [-0.3, -0.25) is 14.6 Å². The van der Waals surface area contributed by atoms with Crippen LogP contribution in [0.25, 0.3) is 22.2 Å². The first-order valence-corrected chi connectivity index (χ1v) is 19.5. The number of carbonyl (C=O) groups is 2. The molecule has 0 saturated carbocycles. The van der Waals surface area contributed by atoms with Crippen LogP contribution < -0.4 is 15.8 Å². The van der Waals surface area contributed by atoms with Crippen molar-refractivity contribution in [2.75, 3.05) is 45.8 Å². The first-order chi connectivity index (χ1) is 26.5. The van der Waals surface area contributed by atoms with Crippen LogP contribution in [0.15, 0.2) is 60.9 Å². The molecule has 0 bridgehead atoms. The molecule has 2 aliphatic heterocycles. The number of benzene rings is 2. The third-order valence-corrected chi connectivity index (χ3v) is 10.8. The lowest BCUT2D eigenvalue weighted by atomic mass is 9.88. The Morgan fingerprint density at radius 1 is 0.929 bits per heavy atom. The van der Waals surface area contributed by atoms with Gasteiger partial charge in [0.05, 0.1) is 5.54 Å². The summed E-state index contributed by atoms with van der Waals surface area (Å²) in [5.41, 5.74) is 8.98. The molecule has 0 spiro atoms. The van der Waals surface area contributed by atoms with E-state index in [0.29, 0.717) is 74.1 Å². The number of alkyl halides is 3. The van der Waals surface area contributed by atoms with Crippen molar-refractivity contribution in [2.24, 2.45) is 5.73 Å². The molecule has 4 heterocycles. The summed E-state index contributed by atoms with van der Waals surface area (Å²) in [6, 6.07) is 13.4. The highest BCUT2D eigenvalue weighted by Crippen LogP contribution is 2.33. The van der Waals surface area contributed by atoms with E-state index in [4.69, 9.17) is 38.7 Å². The SMILES string of the molecule is CC(C)(C)OC(=O)N1CCC(N)(C(=O)NCCCn2cc(-c3ccc(OC(F)(F)F)cc3)c3cc(CN4CCN(Cc5c(Cl)cccc5Cl)CC4)cnc32)CC1. The molecule has 0 radical (unpaired) electrons. The Balaban J connectivity index is 1.10. The average molecular weight is 819 g/mol. The van der Waals surface area contributed by atoms with Crippen LogP contribution in [0.3, 0.4) is 0 Å². The second-order valence-corrected chi connectivity index (χ2v) is 16.3. The number of halogens is 5. The number of aryl methyl sites for hydroxylation is 1. The zero-order chi connectivity index (χ0) is 40.3. The fourth-order valence-corrected chi connectivity index (χ4v) is 7.59. The fourth-order valence-electron chi connectivity index (χ4n) is 7.08. The number of fused-ring (bicyclic) bond motifs is 1. The third kappa shape index (κ3) is 10.6. The molecule has 0 aliphatic carbocycles. The van der Waals surface area contributed by atoms with Gasteiger partial charge < -0.3 is 30.0 Å². The summed E-state index contributed by atoms with van der Waals surface area (Å²) in [6.07, 6.45) is -0.202. The molecule has 2 amide bonds. The largest absolute Gasteiger partial charge is 0.573 e. The molecule has 2 aromatic carbocycles.